The first-order valence-electron chi connectivity index (χ1n) is 10.8. The largest absolute Gasteiger partial charge is 0.338 e. The molecule has 2 heterocycles. The van der Waals surface area contributed by atoms with Gasteiger partial charge in [-0.2, -0.15) is 0 Å². The maximum atomic E-state index is 13.1. The summed E-state index contributed by atoms with van der Waals surface area (Å²) in [5, 5.41) is 6.44. The number of piperidine rings is 2. The molecule has 0 aliphatic carbocycles. The number of likely N-dealkylation sites (tertiary alicyclic amines) is 1. The number of hydrogen-bond donors (Lipinski definition) is 2. The number of hydrogen-bond acceptors (Lipinski definition) is 3. The molecule has 5 heteroatoms. The Balaban J connectivity index is 1.64. The number of nitrogens with zero attached hydrogens (tertiary/aromatic N) is 1. The molecule has 2 N–H and O–H groups in total. The third kappa shape index (κ3) is 5.34. The lowest BCUT2D eigenvalue weighted by atomic mass is 9.85. The van der Waals surface area contributed by atoms with E-state index in [-0.39, 0.29) is 11.8 Å². The third-order valence-electron chi connectivity index (χ3n) is 6.23. The summed E-state index contributed by atoms with van der Waals surface area (Å²) >= 11 is 0. The lowest BCUT2D eigenvalue weighted by Crippen LogP contribution is -2.42. The van der Waals surface area contributed by atoms with E-state index in [4.69, 9.17) is 0 Å². The second-order valence-corrected chi connectivity index (χ2v) is 9.04. The molecule has 2 amide bonds. The van der Waals surface area contributed by atoms with Crippen molar-refractivity contribution in [3.63, 3.8) is 0 Å². The molecular formula is C23H35N3O2. The van der Waals surface area contributed by atoms with E-state index in [0.717, 1.165) is 32.6 Å². The van der Waals surface area contributed by atoms with E-state index in [2.05, 4.69) is 31.4 Å². The highest BCUT2D eigenvalue weighted by atomic mass is 16.2. The maximum absolute atomic E-state index is 13.1. The summed E-state index contributed by atoms with van der Waals surface area (Å²) in [7, 11) is 0. The molecule has 5 nitrogen and oxygen atoms in total. The highest BCUT2D eigenvalue weighted by Crippen LogP contribution is 2.26. The van der Waals surface area contributed by atoms with Gasteiger partial charge >= 0.3 is 0 Å². The molecule has 1 aromatic rings. The number of benzene rings is 1. The van der Waals surface area contributed by atoms with Crippen molar-refractivity contribution < 1.29 is 9.59 Å². The van der Waals surface area contributed by atoms with E-state index < -0.39 is 0 Å². The zero-order chi connectivity index (χ0) is 20.1. The van der Waals surface area contributed by atoms with Crippen LogP contribution >= 0.6 is 0 Å². The molecule has 3 rings (SSSR count). The van der Waals surface area contributed by atoms with Gasteiger partial charge in [0.1, 0.15) is 0 Å². The number of nitrogens with one attached hydrogen (secondary N) is 2. The summed E-state index contributed by atoms with van der Waals surface area (Å²) in [6.07, 6.45) is 4.02. The summed E-state index contributed by atoms with van der Waals surface area (Å²) in [6.45, 7) is 10.2. The summed E-state index contributed by atoms with van der Waals surface area (Å²) in [5.41, 5.74) is 1.24. The summed E-state index contributed by atoms with van der Waals surface area (Å²) in [4.78, 5) is 27.7. The van der Waals surface area contributed by atoms with Crippen molar-refractivity contribution in [2.75, 3.05) is 31.5 Å². The van der Waals surface area contributed by atoms with Gasteiger partial charge < -0.3 is 15.5 Å². The van der Waals surface area contributed by atoms with Crippen molar-refractivity contribution in [3.8, 4) is 0 Å². The average Bonchev–Trinajstić information content (AvgIpc) is 2.67. The first-order valence-corrected chi connectivity index (χ1v) is 10.8. The van der Waals surface area contributed by atoms with Crippen molar-refractivity contribution in [2.24, 2.45) is 23.7 Å². The van der Waals surface area contributed by atoms with Crippen LogP contribution in [-0.4, -0.2) is 42.9 Å². The molecule has 28 heavy (non-hydrogen) atoms. The summed E-state index contributed by atoms with van der Waals surface area (Å²) < 4.78 is 0. The van der Waals surface area contributed by atoms with Crippen molar-refractivity contribution in [1.29, 1.82) is 0 Å². The van der Waals surface area contributed by atoms with Gasteiger partial charge in [-0.1, -0.05) is 32.9 Å². The fourth-order valence-corrected chi connectivity index (χ4v) is 4.80. The van der Waals surface area contributed by atoms with Crippen molar-refractivity contribution in [3.05, 3.63) is 29.8 Å². The van der Waals surface area contributed by atoms with E-state index in [9.17, 15) is 9.59 Å². The number of amides is 2. The molecule has 2 aliphatic heterocycles. The highest BCUT2D eigenvalue weighted by Gasteiger charge is 2.28. The van der Waals surface area contributed by atoms with Crippen molar-refractivity contribution in [1.82, 2.24) is 10.2 Å². The van der Waals surface area contributed by atoms with Gasteiger partial charge in [-0.3, -0.25) is 9.59 Å². The Morgan fingerprint density at radius 3 is 2.61 bits per heavy atom. The minimum atomic E-state index is -0.00120. The summed E-state index contributed by atoms with van der Waals surface area (Å²) in [6, 6.07) is 7.42. The zero-order valence-electron chi connectivity index (χ0n) is 17.5. The Bertz CT molecular complexity index is 674. The van der Waals surface area contributed by atoms with Crippen molar-refractivity contribution in [2.45, 2.75) is 46.5 Å². The third-order valence-corrected chi connectivity index (χ3v) is 6.23. The van der Waals surface area contributed by atoms with Gasteiger partial charge in [0.25, 0.3) is 5.91 Å². The number of para-hydroxylation sites is 1. The van der Waals surface area contributed by atoms with E-state index in [1.807, 2.05) is 29.2 Å². The minimum absolute atomic E-state index is 0.00120. The summed E-state index contributed by atoms with van der Waals surface area (Å²) in [5.74, 6) is 1.93. The van der Waals surface area contributed by atoms with Gasteiger partial charge in [0.15, 0.2) is 0 Å². The van der Waals surface area contributed by atoms with Crippen LogP contribution in [-0.2, 0) is 4.79 Å². The van der Waals surface area contributed by atoms with Crippen LogP contribution < -0.4 is 10.6 Å². The van der Waals surface area contributed by atoms with E-state index >= 15 is 0 Å². The zero-order valence-corrected chi connectivity index (χ0v) is 17.5. The van der Waals surface area contributed by atoms with Gasteiger partial charge in [-0.15, -0.1) is 0 Å². The minimum Gasteiger partial charge on any atom is -0.338 e. The maximum Gasteiger partial charge on any atom is 0.255 e. The molecule has 0 radical (unpaired) electrons. The Hall–Kier alpha value is -1.88. The average molecular weight is 386 g/mol. The monoisotopic (exact) mass is 385 g/mol. The van der Waals surface area contributed by atoms with Gasteiger partial charge in [0.2, 0.25) is 5.91 Å². The highest BCUT2D eigenvalue weighted by molar-refractivity contribution is 6.03. The van der Waals surface area contributed by atoms with E-state index in [0.29, 0.717) is 41.3 Å². The normalized spacial score (nSPS) is 26.5. The number of rotatable bonds is 5. The lowest BCUT2D eigenvalue weighted by Gasteiger charge is -2.35. The number of anilines is 1. The second-order valence-electron chi connectivity index (χ2n) is 9.04. The topological polar surface area (TPSA) is 61.4 Å². The van der Waals surface area contributed by atoms with Crippen LogP contribution in [0.5, 0.6) is 0 Å². The smallest absolute Gasteiger partial charge is 0.255 e. The lowest BCUT2D eigenvalue weighted by molar-refractivity contribution is -0.117. The van der Waals surface area contributed by atoms with Gasteiger partial charge in [-0.25, -0.2) is 0 Å². The molecule has 4 unspecified atom stereocenters. The number of carbonyl (C=O) groups excluding carboxylic acids is 2. The number of carbonyl (C=O) groups is 2. The fourth-order valence-electron chi connectivity index (χ4n) is 4.80. The van der Waals surface area contributed by atoms with Crippen LogP contribution in [0.4, 0.5) is 5.69 Å². The van der Waals surface area contributed by atoms with Gasteiger partial charge in [0.05, 0.1) is 11.3 Å². The van der Waals surface area contributed by atoms with Crippen LogP contribution in [0.2, 0.25) is 0 Å². The quantitative estimate of drug-likeness (QED) is 0.811. The molecule has 0 aromatic heterocycles. The first-order chi connectivity index (χ1) is 13.4. The van der Waals surface area contributed by atoms with Crippen LogP contribution in [0.25, 0.3) is 0 Å². The first kappa shape index (κ1) is 20.8. The van der Waals surface area contributed by atoms with Crippen LogP contribution in [0.1, 0.15) is 56.8 Å². The van der Waals surface area contributed by atoms with Crippen LogP contribution in [0.15, 0.2) is 24.3 Å². The Morgan fingerprint density at radius 2 is 1.93 bits per heavy atom. The predicted octanol–water partition coefficient (Wildman–Crippen LogP) is 3.77. The van der Waals surface area contributed by atoms with Gasteiger partial charge in [-0.05, 0) is 68.2 Å². The molecule has 154 valence electrons. The van der Waals surface area contributed by atoms with E-state index in [1.165, 1.54) is 12.8 Å². The van der Waals surface area contributed by atoms with Gasteiger partial charge in [0, 0.05) is 19.5 Å². The Labute approximate surface area is 169 Å². The molecule has 2 fully saturated rings. The molecule has 0 saturated carbocycles. The standard InChI is InChI=1S/C23H35N3O2/c1-16-11-17(2)15-26(14-16)23(28)20-8-4-5-9-21(20)25-22(27)12-18(3)19-7-6-10-24-13-19/h4-5,8-9,16-19,24H,6-7,10-15H2,1-3H3,(H,25,27). The molecule has 1 aromatic carbocycles. The Morgan fingerprint density at radius 1 is 1.21 bits per heavy atom. The Kier molecular flexibility index (Phi) is 7.11. The SMILES string of the molecule is CC1CC(C)CN(C(=O)c2ccccc2NC(=O)CC(C)C2CCCNC2)C1. The second kappa shape index (κ2) is 9.55. The molecular weight excluding hydrogens is 350 g/mol. The molecule has 2 aliphatic rings. The fraction of sp³-hybridized carbons (Fsp3) is 0.652. The van der Waals surface area contributed by atoms with Crippen LogP contribution in [0, 0.1) is 23.7 Å². The van der Waals surface area contributed by atoms with Crippen LogP contribution in [0.3, 0.4) is 0 Å². The molecule has 2 saturated heterocycles. The molecule has 0 spiro atoms. The van der Waals surface area contributed by atoms with E-state index in [1.54, 1.807) is 0 Å². The molecule has 4 atom stereocenters. The van der Waals surface area contributed by atoms with Crippen molar-refractivity contribution >= 4 is 17.5 Å². The predicted molar refractivity (Wildman–Crippen MR) is 113 cm³/mol. The molecule has 0 bridgehead atoms.